The summed E-state index contributed by atoms with van der Waals surface area (Å²) < 4.78 is 17.9. The number of nitrogens with one attached hydrogen (secondary N) is 2. The zero-order chi connectivity index (χ0) is 21.8. The van der Waals surface area contributed by atoms with E-state index in [1.807, 2.05) is 19.1 Å². The number of carbonyl (C=O) groups excluding carboxylic acids is 3. The standard InChI is InChI=1S/C22H19FN2O4S/c1-12-4-10-16(11-5-12)24-20(27)18-13(2)17(22(28)29-3)21(30-18)25-19(26)14-6-8-15(23)9-7-14/h4-11H,1-3H3,(H,24,27)(H,25,26). The van der Waals surface area contributed by atoms with Gasteiger partial charge in [-0.05, 0) is 55.8 Å². The van der Waals surface area contributed by atoms with Gasteiger partial charge >= 0.3 is 5.97 Å². The number of hydrogen-bond acceptors (Lipinski definition) is 5. The molecule has 0 radical (unpaired) electrons. The van der Waals surface area contributed by atoms with Gasteiger partial charge in [0.15, 0.2) is 0 Å². The minimum Gasteiger partial charge on any atom is -0.465 e. The van der Waals surface area contributed by atoms with Crippen molar-refractivity contribution in [2.24, 2.45) is 0 Å². The molecule has 2 N–H and O–H groups in total. The van der Waals surface area contributed by atoms with Crippen LogP contribution in [-0.2, 0) is 4.74 Å². The van der Waals surface area contributed by atoms with Gasteiger partial charge in [-0.15, -0.1) is 11.3 Å². The molecule has 0 aliphatic rings. The van der Waals surface area contributed by atoms with Crippen LogP contribution < -0.4 is 10.6 Å². The molecule has 0 atom stereocenters. The number of rotatable bonds is 5. The van der Waals surface area contributed by atoms with E-state index in [2.05, 4.69) is 10.6 Å². The summed E-state index contributed by atoms with van der Waals surface area (Å²) in [6.45, 7) is 3.55. The number of thiophene rings is 1. The Balaban J connectivity index is 1.91. The van der Waals surface area contributed by atoms with Gasteiger partial charge in [-0.25, -0.2) is 9.18 Å². The fraction of sp³-hybridized carbons (Fsp3) is 0.136. The van der Waals surface area contributed by atoms with E-state index in [0.717, 1.165) is 29.0 Å². The molecule has 2 aromatic carbocycles. The Hall–Kier alpha value is -3.52. The zero-order valence-corrected chi connectivity index (χ0v) is 17.4. The van der Waals surface area contributed by atoms with Crippen molar-refractivity contribution in [2.75, 3.05) is 17.7 Å². The fourth-order valence-corrected chi connectivity index (χ4v) is 3.85. The van der Waals surface area contributed by atoms with Crippen molar-refractivity contribution in [2.45, 2.75) is 13.8 Å². The molecule has 0 saturated heterocycles. The number of benzene rings is 2. The number of halogens is 1. The van der Waals surface area contributed by atoms with Crippen LogP contribution in [0.15, 0.2) is 48.5 Å². The molecule has 1 heterocycles. The van der Waals surface area contributed by atoms with Crippen LogP contribution in [0, 0.1) is 19.7 Å². The third kappa shape index (κ3) is 4.55. The summed E-state index contributed by atoms with van der Waals surface area (Å²) in [6, 6.07) is 12.3. The molecule has 30 heavy (non-hydrogen) atoms. The van der Waals surface area contributed by atoms with Gasteiger partial charge in [0, 0.05) is 11.3 Å². The summed E-state index contributed by atoms with van der Waals surface area (Å²) in [4.78, 5) is 37.9. The lowest BCUT2D eigenvalue weighted by Crippen LogP contribution is -2.14. The number of aryl methyl sites for hydroxylation is 1. The van der Waals surface area contributed by atoms with E-state index in [9.17, 15) is 18.8 Å². The molecule has 0 bridgehead atoms. The van der Waals surface area contributed by atoms with Crippen molar-refractivity contribution in [3.8, 4) is 0 Å². The quantitative estimate of drug-likeness (QED) is 0.574. The lowest BCUT2D eigenvalue weighted by Gasteiger charge is -2.06. The van der Waals surface area contributed by atoms with Crippen LogP contribution in [0.5, 0.6) is 0 Å². The Morgan fingerprint density at radius 1 is 0.900 bits per heavy atom. The molecule has 0 aliphatic carbocycles. The van der Waals surface area contributed by atoms with Crippen molar-refractivity contribution in [1.82, 2.24) is 0 Å². The maximum atomic E-state index is 13.1. The molecule has 154 valence electrons. The lowest BCUT2D eigenvalue weighted by molar-refractivity contribution is 0.0601. The maximum absolute atomic E-state index is 13.1. The predicted molar refractivity (Wildman–Crippen MR) is 114 cm³/mol. The Bertz CT molecular complexity index is 1110. The average molecular weight is 426 g/mol. The van der Waals surface area contributed by atoms with Gasteiger partial charge in [-0.3, -0.25) is 9.59 Å². The Kier molecular flexibility index (Phi) is 6.27. The summed E-state index contributed by atoms with van der Waals surface area (Å²) in [5.41, 5.74) is 2.37. The zero-order valence-electron chi connectivity index (χ0n) is 16.5. The summed E-state index contributed by atoms with van der Waals surface area (Å²) in [7, 11) is 1.22. The van der Waals surface area contributed by atoms with Crippen LogP contribution in [0.25, 0.3) is 0 Å². The van der Waals surface area contributed by atoms with Gasteiger partial charge in [-0.2, -0.15) is 0 Å². The number of anilines is 2. The molecule has 2 amide bonds. The van der Waals surface area contributed by atoms with Crippen LogP contribution in [0.2, 0.25) is 0 Å². The molecule has 8 heteroatoms. The number of methoxy groups -OCH3 is 1. The monoisotopic (exact) mass is 426 g/mol. The molecule has 1 aromatic heterocycles. The summed E-state index contributed by atoms with van der Waals surface area (Å²) in [6.07, 6.45) is 0. The van der Waals surface area contributed by atoms with Gasteiger partial charge in [-0.1, -0.05) is 17.7 Å². The molecule has 0 aliphatic heterocycles. The van der Waals surface area contributed by atoms with E-state index < -0.39 is 23.6 Å². The first-order valence-corrected chi connectivity index (χ1v) is 9.78. The predicted octanol–water partition coefficient (Wildman–Crippen LogP) is 4.80. The minimum atomic E-state index is -0.674. The first-order valence-electron chi connectivity index (χ1n) is 8.96. The molecule has 6 nitrogen and oxygen atoms in total. The Morgan fingerprint density at radius 3 is 2.13 bits per heavy atom. The van der Waals surface area contributed by atoms with E-state index in [1.54, 1.807) is 19.1 Å². The van der Waals surface area contributed by atoms with Gasteiger partial charge < -0.3 is 15.4 Å². The van der Waals surface area contributed by atoms with Crippen LogP contribution >= 0.6 is 11.3 Å². The normalized spacial score (nSPS) is 10.4. The highest BCUT2D eigenvalue weighted by molar-refractivity contribution is 7.19. The number of esters is 1. The number of hydrogen-bond donors (Lipinski definition) is 2. The first-order chi connectivity index (χ1) is 14.3. The smallest absolute Gasteiger partial charge is 0.341 e. The Morgan fingerprint density at radius 2 is 1.53 bits per heavy atom. The van der Waals surface area contributed by atoms with Gasteiger partial charge in [0.2, 0.25) is 0 Å². The third-order valence-corrected chi connectivity index (χ3v) is 5.59. The highest BCUT2D eigenvalue weighted by Gasteiger charge is 2.26. The molecule has 3 rings (SSSR count). The maximum Gasteiger partial charge on any atom is 0.341 e. The van der Waals surface area contributed by atoms with Gasteiger partial charge in [0.1, 0.15) is 10.8 Å². The van der Waals surface area contributed by atoms with Gasteiger partial charge in [0.05, 0.1) is 17.6 Å². The van der Waals surface area contributed by atoms with Crippen molar-refractivity contribution in [3.63, 3.8) is 0 Å². The topological polar surface area (TPSA) is 84.5 Å². The molecule has 3 aromatic rings. The second kappa shape index (κ2) is 8.87. The van der Waals surface area contributed by atoms with Crippen LogP contribution in [0.1, 0.15) is 41.5 Å². The van der Waals surface area contributed by atoms with Crippen LogP contribution in [0.4, 0.5) is 15.1 Å². The van der Waals surface area contributed by atoms with Crippen LogP contribution in [0.3, 0.4) is 0 Å². The molecular formula is C22H19FN2O4S. The molecule has 0 unspecified atom stereocenters. The highest BCUT2D eigenvalue weighted by atomic mass is 32.1. The van der Waals surface area contributed by atoms with Crippen LogP contribution in [-0.4, -0.2) is 24.9 Å². The SMILES string of the molecule is COC(=O)c1c(NC(=O)c2ccc(F)cc2)sc(C(=O)Nc2ccc(C)cc2)c1C. The van der Waals surface area contributed by atoms with E-state index in [1.165, 1.54) is 19.2 Å². The Labute approximate surface area is 176 Å². The second-order valence-corrected chi connectivity index (χ2v) is 7.55. The van der Waals surface area contributed by atoms with Crippen molar-refractivity contribution in [3.05, 3.63) is 81.5 Å². The van der Waals surface area contributed by atoms with E-state index in [-0.39, 0.29) is 21.0 Å². The second-order valence-electron chi connectivity index (χ2n) is 6.53. The minimum absolute atomic E-state index is 0.104. The first kappa shape index (κ1) is 21.2. The van der Waals surface area contributed by atoms with E-state index in [0.29, 0.717) is 11.3 Å². The summed E-state index contributed by atoms with van der Waals surface area (Å²) in [5.74, 6) is -2.09. The third-order valence-electron chi connectivity index (χ3n) is 4.39. The fourth-order valence-electron chi connectivity index (χ4n) is 2.77. The highest BCUT2D eigenvalue weighted by Crippen LogP contribution is 2.34. The largest absolute Gasteiger partial charge is 0.465 e. The van der Waals surface area contributed by atoms with E-state index >= 15 is 0 Å². The van der Waals surface area contributed by atoms with E-state index in [4.69, 9.17) is 4.74 Å². The summed E-state index contributed by atoms with van der Waals surface area (Å²) >= 11 is 0.968. The molecular weight excluding hydrogens is 407 g/mol. The summed E-state index contributed by atoms with van der Waals surface area (Å²) in [5, 5.41) is 5.59. The molecule has 0 spiro atoms. The average Bonchev–Trinajstić information content (AvgIpc) is 3.05. The molecule has 0 fully saturated rings. The number of amides is 2. The van der Waals surface area contributed by atoms with Crippen molar-refractivity contribution >= 4 is 39.8 Å². The molecule has 0 saturated carbocycles. The number of ether oxygens (including phenoxy) is 1. The number of carbonyl (C=O) groups is 3. The van der Waals surface area contributed by atoms with Crippen molar-refractivity contribution in [1.29, 1.82) is 0 Å². The van der Waals surface area contributed by atoms with Crippen molar-refractivity contribution < 1.29 is 23.5 Å². The lowest BCUT2D eigenvalue weighted by atomic mass is 10.1. The van der Waals surface area contributed by atoms with Gasteiger partial charge in [0.25, 0.3) is 11.8 Å².